The number of halogens is 2. The van der Waals surface area contributed by atoms with Gasteiger partial charge in [-0.2, -0.15) is 0 Å². The minimum atomic E-state index is 0.494. The van der Waals surface area contributed by atoms with Gasteiger partial charge in [-0.05, 0) is 59.0 Å². The molecule has 0 aliphatic carbocycles. The molecule has 3 rings (SSSR count). The number of rotatable bonds is 3. The molecular formula is C17H12ClIN2. The molecule has 1 aromatic heterocycles. The number of para-hydroxylation sites is 2. The fraction of sp³-hybridized carbons (Fsp3) is 0. The van der Waals surface area contributed by atoms with Gasteiger partial charge >= 0.3 is 0 Å². The van der Waals surface area contributed by atoms with Gasteiger partial charge in [-0.25, -0.2) is 4.98 Å². The van der Waals surface area contributed by atoms with Gasteiger partial charge in [0.1, 0.15) is 11.0 Å². The fourth-order valence-electron chi connectivity index (χ4n) is 2.14. The largest absolute Gasteiger partial charge is 0.295 e. The van der Waals surface area contributed by atoms with E-state index >= 15 is 0 Å². The van der Waals surface area contributed by atoms with Crippen molar-refractivity contribution in [2.75, 3.05) is 4.90 Å². The predicted molar refractivity (Wildman–Crippen MR) is 96.6 cm³/mol. The number of pyridine rings is 1. The van der Waals surface area contributed by atoms with Gasteiger partial charge in [-0.3, -0.25) is 4.90 Å². The zero-order chi connectivity index (χ0) is 14.7. The summed E-state index contributed by atoms with van der Waals surface area (Å²) in [7, 11) is 0. The topological polar surface area (TPSA) is 16.1 Å². The summed E-state index contributed by atoms with van der Waals surface area (Å²) in [6.07, 6.45) is 0. The third-order valence-electron chi connectivity index (χ3n) is 3.00. The van der Waals surface area contributed by atoms with Crippen LogP contribution in [0.15, 0.2) is 72.8 Å². The van der Waals surface area contributed by atoms with Crippen molar-refractivity contribution in [2.24, 2.45) is 0 Å². The van der Waals surface area contributed by atoms with Crippen molar-refractivity contribution in [1.29, 1.82) is 0 Å². The molecule has 1 heterocycles. The van der Waals surface area contributed by atoms with E-state index in [1.54, 1.807) is 0 Å². The molecule has 0 radical (unpaired) electrons. The Morgan fingerprint density at radius 3 is 1.81 bits per heavy atom. The molecule has 0 aliphatic heterocycles. The summed E-state index contributed by atoms with van der Waals surface area (Å²) in [4.78, 5) is 6.56. The molecule has 0 fully saturated rings. The van der Waals surface area contributed by atoms with Gasteiger partial charge in [0.15, 0.2) is 0 Å². The number of nitrogens with zero attached hydrogens (tertiary/aromatic N) is 2. The maximum atomic E-state index is 6.13. The highest BCUT2D eigenvalue weighted by atomic mass is 127. The molecule has 0 saturated heterocycles. The van der Waals surface area contributed by atoms with E-state index in [4.69, 9.17) is 11.6 Å². The Bertz CT molecular complexity index is 673. The van der Waals surface area contributed by atoms with Crippen molar-refractivity contribution in [1.82, 2.24) is 4.98 Å². The molecule has 0 saturated carbocycles. The lowest BCUT2D eigenvalue weighted by Gasteiger charge is -2.24. The summed E-state index contributed by atoms with van der Waals surface area (Å²) >= 11 is 8.38. The Morgan fingerprint density at radius 2 is 1.33 bits per heavy atom. The number of hydrogen-bond acceptors (Lipinski definition) is 2. The smallest absolute Gasteiger partial charge is 0.140 e. The Balaban J connectivity index is 2.17. The van der Waals surface area contributed by atoms with E-state index in [9.17, 15) is 0 Å². The first-order chi connectivity index (χ1) is 10.2. The molecule has 0 aliphatic rings. The predicted octanol–water partition coefficient (Wildman–Crippen LogP) is 5.81. The van der Waals surface area contributed by atoms with Gasteiger partial charge in [0.05, 0.1) is 0 Å². The monoisotopic (exact) mass is 406 g/mol. The molecule has 104 valence electrons. The summed E-state index contributed by atoms with van der Waals surface area (Å²) < 4.78 is 1.06. The van der Waals surface area contributed by atoms with Crippen LogP contribution < -0.4 is 4.90 Å². The summed E-state index contributed by atoms with van der Waals surface area (Å²) in [6.45, 7) is 0. The van der Waals surface area contributed by atoms with E-state index in [0.29, 0.717) is 5.15 Å². The van der Waals surface area contributed by atoms with E-state index in [-0.39, 0.29) is 0 Å². The molecule has 0 N–H and O–H groups in total. The summed E-state index contributed by atoms with van der Waals surface area (Å²) in [5.74, 6) is 0.810. The maximum Gasteiger partial charge on any atom is 0.140 e. The molecule has 0 bridgehead atoms. The molecule has 2 nitrogen and oxygen atoms in total. The van der Waals surface area contributed by atoms with Crippen molar-refractivity contribution in [3.05, 3.63) is 81.5 Å². The first-order valence-corrected chi connectivity index (χ1v) is 7.93. The molecule has 2 aromatic carbocycles. The summed E-state index contributed by atoms with van der Waals surface area (Å²) in [6, 6.07) is 24.2. The quantitative estimate of drug-likeness (QED) is 0.403. The normalized spacial score (nSPS) is 10.4. The molecule has 21 heavy (non-hydrogen) atoms. The van der Waals surface area contributed by atoms with Crippen molar-refractivity contribution in [2.45, 2.75) is 0 Å². The van der Waals surface area contributed by atoms with Crippen LogP contribution >= 0.6 is 34.2 Å². The highest BCUT2D eigenvalue weighted by Crippen LogP contribution is 2.34. The molecule has 0 atom stereocenters. The van der Waals surface area contributed by atoms with E-state index in [1.807, 2.05) is 48.5 Å². The van der Waals surface area contributed by atoms with Crippen molar-refractivity contribution < 1.29 is 0 Å². The highest BCUT2D eigenvalue weighted by molar-refractivity contribution is 14.1. The Kier molecular flexibility index (Phi) is 4.41. The van der Waals surface area contributed by atoms with Crippen LogP contribution in [0.5, 0.6) is 0 Å². The van der Waals surface area contributed by atoms with Crippen LogP contribution in [0.1, 0.15) is 0 Å². The average molecular weight is 407 g/mol. The van der Waals surface area contributed by atoms with Crippen LogP contribution in [0.4, 0.5) is 17.2 Å². The number of hydrogen-bond donors (Lipinski definition) is 0. The van der Waals surface area contributed by atoms with Gasteiger partial charge in [0, 0.05) is 14.9 Å². The SMILES string of the molecule is Clc1cc(I)cc(N(c2ccccc2)c2ccccc2)n1. The summed E-state index contributed by atoms with van der Waals surface area (Å²) in [5.41, 5.74) is 2.10. The first-order valence-electron chi connectivity index (χ1n) is 6.47. The minimum Gasteiger partial charge on any atom is -0.295 e. The second kappa shape index (κ2) is 6.45. The standard InChI is InChI=1S/C17H12ClIN2/c18-16-11-13(19)12-17(20-16)21(14-7-3-1-4-8-14)15-9-5-2-6-10-15/h1-12H. The molecule has 4 heteroatoms. The zero-order valence-corrected chi connectivity index (χ0v) is 14.0. The van der Waals surface area contributed by atoms with Crippen molar-refractivity contribution in [3.8, 4) is 0 Å². The lowest BCUT2D eigenvalue weighted by molar-refractivity contribution is 1.17. The number of benzene rings is 2. The van der Waals surface area contributed by atoms with E-state index in [2.05, 4.69) is 56.7 Å². The van der Waals surface area contributed by atoms with Crippen LogP contribution in [0, 0.1) is 3.57 Å². The highest BCUT2D eigenvalue weighted by Gasteiger charge is 2.14. The second-order valence-electron chi connectivity index (χ2n) is 4.47. The Hall–Kier alpha value is -1.59. The molecule has 0 unspecified atom stereocenters. The van der Waals surface area contributed by atoms with Crippen LogP contribution in [-0.2, 0) is 0 Å². The second-order valence-corrected chi connectivity index (χ2v) is 6.11. The van der Waals surface area contributed by atoms with E-state index in [0.717, 1.165) is 20.8 Å². The van der Waals surface area contributed by atoms with Gasteiger partial charge in [-0.1, -0.05) is 48.0 Å². The van der Waals surface area contributed by atoms with Gasteiger partial charge in [0.25, 0.3) is 0 Å². The van der Waals surface area contributed by atoms with Crippen LogP contribution in [-0.4, -0.2) is 4.98 Å². The van der Waals surface area contributed by atoms with Crippen molar-refractivity contribution in [3.63, 3.8) is 0 Å². The van der Waals surface area contributed by atoms with Crippen LogP contribution in [0.2, 0.25) is 5.15 Å². The van der Waals surface area contributed by atoms with Gasteiger partial charge in [-0.15, -0.1) is 0 Å². The molecular weight excluding hydrogens is 395 g/mol. The van der Waals surface area contributed by atoms with E-state index < -0.39 is 0 Å². The van der Waals surface area contributed by atoms with Crippen LogP contribution in [0.3, 0.4) is 0 Å². The molecule has 0 amide bonds. The zero-order valence-electron chi connectivity index (χ0n) is 11.1. The van der Waals surface area contributed by atoms with Gasteiger partial charge < -0.3 is 0 Å². The van der Waals surface area contributed by atoms with Crippen molar-refractivity contribution >= 4 is 51.4 Å². The Labute approximate surface area is 142 Å². The van der Waals surface area contributed by atoms with Crippen LogP contribution in [0.25, 0.3) is 0 Å². The lowest BCUT2D eigenvalue weighted by atomic mass is 10.2. The third kappa shape index (κ3) is 3.36. The minimum absolute atomic E-state index is 0.494. The number of aromatic nitrogens is 1. The summed E-state index contributed by atoms with van der Waals surface area (Å²) in [5, 5.41) is 0.494. The Morgan fingerprint density at radius 1 is 0.810 bits per heavy atom. The molecule has 3 aromatic rings. The third-order valence-corrected chi connectivity index (χ3v) is 3.82. The number of anilines is 3. The maximum absolute atomic E-state index is 6.13. The fourth-order valence-corrected chi connectivity index (χ4v) is 3.10. The lowest BCUT2D eigenvalue weighted by Crippen LogP contribution is -2.11. The first kappa shape index (κ1) is 14.4. The van der Waals surface area contributed by atoms with Gasteiger partial charge in [0.2, 0.25) is 0 Å². The average Bonchev–Trinajstić information content (AvgIpc) is 2.49. The van der Waals surface area contributed by atoms with E-state index in [1.165, 1.54) is 0 Å². The molecule has 0 spiro atoms.